The fraction of sp³-hybridized carbons (Fsp3) is 0.524. The summed E-state index contributed by atoms with van der Waals surface area (Å²) in [6.07, 6.45) is 1.40. The fourth-order valence-corrected chi connectivity index (χ4v) is 3.41. The van der Waals surface area contributed by atoms with Gasteiger partial charge in [0.25, 0.3) is 0 Å². The Morgan fingerprint density at radius 1 is 1.21 bits per heavy atom. The number of halogens is 1. The van der Waals surface area contributed by atoms with Gasteiger partial charge < -0.3 is 14.0 Å². The summed E-state index contributed by atoms with van der Waals surface area (Å²) in [7, 11) is -0.699. The minimum Gasteiger partial charge on any atom is -0.462 e. The van der Waals surface area contributed by atoms with E-state index < -0.39 is 30.1 Å². The zero-order valence-corrected chi connectivity index (χ0v) is 17.6. The van der Waals surface area contributed by atoms with Crippen molar-refractivity contribution in [1.82, 2.24) is 4.98 Å². The third-order valence-corrected chi connectivity index (χ3v) is 5.59. The molecule has 0 atom stereocenters. The minimum absolute atomic E-state index is 0.0298. The Kier molecular flexibility index (Phi) is 5.27. The number of ether oxygens (including phenoxy) is 1. The number of fused-ring (bicyclic) bond motifs is 1. The van der Waals surface area contributed by atoms with E-state index in [4.69, 9.17) is 14.0 Å². The van der Waals surface area contributed by atoms with E-state index in [1.807, 2.05) is 47.6 Å². The molecule has 0 aliphatic carbocycles. The lowest BCUT2D eigenvalue weighted by molar-refractivity contribution is 0.00578. The van der Waals surface area contributed by atoms with Crippen LogP contribution < -0.4 is 5.46 Å². The largest absolute Gasteiger partial charge is 0.494 e. The molecule has 1 aromatic heterocycles. The van der Waals surface area contributed by atoms with Gasteiger partial charge in [0.15, 0.2) is 0 Å². The predicted octanol–water partition coefficient (Wildman–Crippen LogP) is 3.97. The second kappa shape index (κ2) is 7.12. The number of nitrogens with zero attached hydrogens (tertiary/aromatic N) is 1. The maximum Gasteiger partial charge on any atom is 0.494 e. The Hall–Kier alpha value is -1.99. The molecule has 28 heavy (non-hydrogen) atoms. The first-order chi connectivity index (χ1) is 13.0. The molecule has 2 aromatic rings. The molecule has 5 nitrogen and oxygen atoms in total. The van der Waals surface area contributed by atoms with Crippen molar-refractivity contribution in [3.05, 3.63) is 35.3 Å². The van der Waals surface area contributed by atoms with Crippen LogP contribution in [0.1, 0.15) is 70.3 Å². The smallest absolute Gasteiger partial charge is 0.462 e. The van der Waals surface area contributed by atoms with Crippen LogP contribution in [-0.2, 0) is 14.0 Å². The summed E-state index contributed by atoms with van der Waals surface area (Å²) in [4.78, 5) is 16.6. The second-order valence-electron chi connectivity index (χ2n) is 8.45. The molecule has 1 aliphatic rings. The SMILES string of the molecule is CCOC(=O)c1cnc2c(F)cc(B3OC(C)(C)C(C)(C)O3)cc2c1C(C)C. The summed E-state index contributed by atoms with van der Waals surface area (Å²) >= 11 is 0. The highest BCUT2D eigenvalue weighted by molar-refractivity contribution is 6.62. The van der Waals surface area contributed by atoms with Gasteiger partial charge in [-0.25, -0.2) is 9.18 Å². The van der Waals surface area contributed by atoms with Crippen LogP contribution in [0.3, 0.4) is 0 Å². The topological polar surface area (TPSA) is 57.7 Å². The van der Waals surface area contributed by atoms with Crippen LogP contribution in [0.4, 0.5) is 4.39 Å². The number of benzene rings is 1. The van der Waals surface area contributed by atoms with Crippen molar-refractivity contribution < 1.29 is 23.2 Å². The number of hydrogen-bond donors (Lipinski definition) is 0. The Bertz CT molecular complexity index is 910. The van der Waals surface area contributed by atoms with Gasteiger partial charge in [-0.15, -0.1) is 0 Å². The zero-order chi connectivity index (χ0) is 20.9. The van der Waals surface area contributed by atoms with Crippen LogP contribution in [0.2, 0.25) is 0 Å². The van der Waals surface area contributed by atoms with Crippen molar-refractivity contribution in [2.24, 2.45) is 0 Å². The summed E-state index contributed by atoms with van der Waals surface area (Å²) in [5.41, 5.74) is 0.783. The van der Waals surface area contributed by atoms with Crippen molar-refractivity contribution in [1.29, 1.82) is 0 Å². The van der Waals surface area contributed by atoms with Crippen LogP contribution in [0.15, 0.2) is 18.3 Å². The first kappa shape index (κ1) is 20.7. The average molecular weight is 387 g/mol. The molecule has 1 fully saturated rings. The monoisotopic (exact) mass is 387 g/mol. The normalized spacial score (nSPS) is 18.1. The Morgan fingerprint density at radius 2 is 1.82 bits per heavy atom. The van der Waals surface area contributed by atoms with Crippen molar-refractivity contribution in [3.63, 3.8) is 0 Å². The van der Waals surface area contributed by atoms with Crippen LogP contribution >= 0.6 is 0 Å². The molecule has 0 unspecified atom stereocenters. The molecule has 0 bridgehead atoms. The number of carbonyl (C=O) groups excluding carboxylic acids is 1. The number of hydrogen-bond acceptors (Lipinski definition) is 5. The molecule has 0 radical (unpaired) electrons. The van der Waals surface area contributed by atoms with Gasteiger partial charge >= 0.3 is 13.1 Å². The number of aromatic nitrogens is 1. The number of carbonyl (C=O) groups is 1. The minimum atomic E-state index is -0.699. The van der Waals surface area contributed by atoms with Crippen molar-refractivity contribution in [3.8, 4) is 0 Å². The molecule has 0 saturated carbocycles. The molecule has 0 amide bonds. The highest BCUT2D eigenvalue weighted by Gasteiger charge is 2.51. The molecular formula is C21H27BFNO4. The van der Waals surface area contributed by atoms with E-state index in [2.05, 4.69) is 4.98 Å². The zero-order valence-electron chi connectivity index (χ0n) is 17.6. The van der Waals surface area contributed by atoms with Gasteiger partial charge in [-0.3, -0.25) is 4.98 Å². The molecule has 3 rings (SSSR count). The quantitative estimate of drug-likeness (QED) is 0.587. The predicted molar refractivity (Wildman–Crippen MR) is 107 cm³/mol. The fourth-order valence-electron chi connectivity index (χ4n) is 3.41. The van der Waals surface area contributed by atoms with Gasteiger partial charge in [-0.05, 0) is 57.6 Å². The number of esters is 1. The second-order valence-corrected chi connectivity index (χ2v) is 8.45. The third kappa shape index (κ3) is 3.42. The first-order valence-electron chi connectivity index (χ1n) is 9.63. The number of pyridine rings is 1. The molecule has 0 N–H and O–H groups in total. The third-order valence-electron chi connectivity index (χ3n) is 5.59. The first-order valence-corrected chi connectivity index (χ1v) is 9.63. The van der Waals surface area contributed by atoms with E-state index in [0.717, 1.165) is 0 Å². The van der Waals surface area contributed by atoms with E-state index in [1.165, 1.54) is 12.3 Å². The molecule has 7 heteroatoms. The van der Waals surface area contributed by atoms with Gasteiger partial charge in [0.2, 0.25) is 0 Å². The van der Waals surface area contributed by atoms with E-state index in [-0.39, 0.29) is 18.0 Å². The van der Waals surface area contributed by atoms with Crippen LogP contribution in [0.25, 0.3) is 10.9 Å². The lowest BCUT2D eigenvalue weighted by atomic mass is 9.77. The highest BCUT2D eigenvalue weighted by atomic mass is 19.1. The van der Waals surface area contributed by atoms with Gasteiger partial charge in [-0.2, -0.15) is 0 Å². The summed E-state index contributed by atoms with van der Waals surface area (Å²) in [5, 5.41) is 0.574. The molecular weight excluding hydrogens is 360 g/mol. The lowest BCUT2D eigenvalue weighted by Crippen LogP contribution is -2.41. The Morgan fingerprint density at radius 3 is 2.36 bits per heavy atom. The molecule has 1 aromatic carbocycles. The van der Waals surface area contributed by atoms with Gasteiger partial charge in [0.05, 0.1) is 23.4 Å². The van der Waals surface area contributed by atoms with Gasteiger partial charge in [0.1, 0.15) is 11.3 Å². The van der Waals surface area contributed by atoms with Crippen molar-refractivity contribution in [2.45, 2.75) is 65.6 Å². The summed E-state index contributed by atoms with van der Waals surface area (Å²) in [6.45, 7) is 13.7. The van der Waals surface area contributed by atoms with Gasteiger partial charge in [0, 0.05) is 11.6 Å². The summed E-state index contributed by atoms with van der Waals surface area (Å²) in [6, 6.07) is 3.21. The van der Waals surface area contributed by atoms with E-state index in [0.29, 0.717) is 22.0 Å². The van der Waals surface area contributed by atoms with E-state index in [1.54, 1.807) is 6.92 Å². The van der Waals surface area contributed by atoms with Crippen molar-refractivity contribution >= 4 is 29.5 Å². The van der Waals surface area contributed by atoms with Gasteiger partial charge in [-0.1, -0.05) is 19.9 Å². The maximum atomic E-state index is 14.9. The van der Waals surface area contributed by atoms with Crippen LogP contribution in [0.5, 0.6) is 0 Å². The van der Waals surface area contributed by atoms with Crippen LogP contribution in [-0.4, -0.2) is 35.9 Å². The molecule has 2 heterocycles. The van der Waals surface area contributed by atoms with Crippen LogP contribution in [0, 0.1) is 5.82 Å². The van der Waals surface area contributed by atoms with E-state index in [9.17, 15) is 9.18 Å². The number of rotatable bonds is 4. The highest BCUT2D eigenvalue weighted by Crippen LogP contribution is 2.37. The molecule has 1 saturated heterocycles. The lowest BCUT2D eigenvalue weighted by Gasteiger charge is -2.32. The molecule has 1 aliphatic heterocycles. The Labute approximate surface area is 165 Å². The average Bonchev–Trinajstić information content (AvgIpc) is 2.81. The maximum absolute atomic E-state index is 14.9. The standard InChI is InChI=1S/C21H27BFNO4/c1-8-26-19(25)15-11-24-18-14(17(15)12(2)3)9-13(10-16(18)23)22-27-20(4,5)21(6,7)28-22/h9-12H,8H2,1-7H3. The molecule has 0 spiro atoms. The summed E-state index contributed by atoms with van der Waals surface area (Å²) in [5.74, 6) is -0.959. The summed E-state index contributed by atoms with van der Waals surface area (Å²) < 4.78 is 32.2. The van der Waals surface area contributed by atoms with E-state index >= 15 is 0 Å². The van der Waals surface area contributed by atoms with Crippen molar-refractivity contribution in [2.75, 3.05) is 6.61 Å². The molecule has 150 valence electrons. The Balaban J connectivity index is 2.18.